The minimum Gasteiger partial charge on any atom is -0.493 e. The SMILES string of the molecule is CCCNC(c1cc(Br)c(Br)s1)c1c(OC)cnn1C. The highest BCUT2D eigenvalue weighted by atomic mass is 79.9. The molecular formula is C13H17Br2N3OS. The van der Waals surface area contributed by atoms with Crippen LogP contribution >= 0.6 is 43.2 Å². The Bertz CT molecular complexity index is 563. The molecule has 1 atom stereocenters. The van der Waals surface area contributed by atoms with E-state index in [0.717, 1.165) is 32.7 Å². The maximum atomic E-state index is 5.44. The van der Waals surface area contributed by atoms with Crippen molar-refractivity contribution in [1.29, 1.82) is 0 Å². The van der Waals surface area contributed by atoms with E-state index < -0.39 is 0 Å². The summed E-state index contributed by atoms with van der Waals surface area (Å²) in [5.74, 6) is 0.807. The zero-order valence-corrected chi connectivity index (χ0v) is 15.6. The lowest BCUT2D eigenvalue weighted by atomic mass is 10.1. The molecule has 0 amide bonds. The second-order valence-electron chi connectivity index (χ2n) is 4.38. The Morgan fingerprint density at radius 3 is 2.80 bits per heavy atom. The number of hydrogen-bond donors (Lipinski definition) is 1. The summed E-state index contributed by atoms with van der Waals surface area (Å²) < 4.78 is 9.48. The average molecular weight is 423 g/mol. The van der Waals surface area contributed by atoms with Gasteiger partial charge in [0.1, 0.15) is 5.69 Å². The van der Waals surface area contributed by atoms with Crippen molar-refractivity contribution in [2.75, 3.05) is 13.7 Å². The van der Waals surface area contributed by atoms with Crippen molar-refractivity contribution < 1.29 is 4.74 Å². The van der Waals surface area contributed by atoms with Gasteiger partial charge in [0.25, 0.3) is 0 Å². The number of halogens is 2. The first-order valence-corrected chi connectivity index (χ1v) is 8.72. The van der Waals surface area contributed by atoms with Crippen molar-refractivity contribution in [3.63, 3.8) is 0 Å². The van der Waals surface area contributed by atoms with Crippen LogP contribution in [-0.4, -0.2) is 23.4 Å². The van der Waals surface area contributed by atoms with Gasteiger partial charge in [0.15, 0.2) is 5.75 Å². The van der Waals surface area contributed by atoms with Crippen molar-refractivity contribution in [2.24, 2.45) is 7.05 Å². The Kier molecular flexibility index (Phi) is 5.65. The number of rotatable bonds is 6. The van der Waals surface area contributed by atoms with E-state index in [9.17, 15) is 0 Å². The molecule has 7 heteroatoms. The molecule has 2 aromatic heterocycles. The summed E-state index contributed by atoms with van der Waals surface area (Å²) in [6, 6.07) is 2.21. The number of ether oxygens (including phenoxy) is 1. The molecule has 0 saturated carbocycles. The normalized spacial score (nSPS) is 12.7. The van der Waals surface area contributed by atoms with Crippen LogP contribution in [0.3, 0.4) is 0 Å². The standard InChI is InChI=1S/C13H17Br2N3OS/c1-4-5-16-11(10-6-8(14)13(15)20-10)12-9(19-3)7-17-18(12)2/h6-7,11,16H,4-5H2,1-3H3. The third-order valence-corrected chi connectivity index (χ3v) is 6.31. The zero-order chi connectivity index (χ0) is 14.7. The van der Waals surface area contributed by atoms with E-state index in [4.69, 9.17) is 4.74 Å². The lowest BCUT2D eigenvalue weighted by molar-refractivity contribution is 0.401. The summed E-state index contributed by atoms with van der Waals surface area (Å²) in [7, 11) is 3.62. The first kappa shape index (κ1) is 16.0. The van der Waals surface area contributed by atoms with Gasteiger partial charge in [-0.2, -0.15) is 5.10 Å². The van der Waals surface area contributed by atoms with E-state index in [-0.39, 0.29) is 6.04 Å². The van der Waals surface area contributed by atoms with E-state index in [0.29, 0.717) is 0 Å². The fourth-order valence-corrected chi connectivity index (χ4v) is 4.21. The molecule has 0 fully saturated rings. The molecule has 0 aliphatic heterocycles. The fraction of sp³-hybridized carbons (Fsp3) is 0.462. The summed E-state index contributed by atoms with van der Waals surface area (Å²) in [6.07, 6.45) is 2.83. The Labute approximate surface area is 139 Å². The van der Waals surface area contributed by atoms with E-state index in [2.05, 4.69) is 55.3 Å². The minimum absolute atomic E-state index is 0.0741. The van der Waals surface area contributed by atoms with E-state index in [1.165, 1.54) is 4.88 Å². The summed E-state index contributed by atoms with van der Waals surface area (Å²) >= 11 is 8.82. The van der Waals surface area contributed by atoms with E-state index in [1.54, 1.807) is 24.6 Å². The van der Waals surface area contributed by atoms with Crippen LogP contribution in [0.15, 0.2) is 20.5 Å². The van der Waals surface area contributed by atoms with Crippen molar-refractivity contribution >= 4 is 43.2 Å². The fourth-order valence-electron chi connectivity index (χ4n) is 2.04. The van der Waals surface area contributed by atoms with E-state index in [1.807, 2.05) is 11.7 Å². The molecule has 0 aliphatic carbocycles. The number of methoxy groups -OCH3 is 1. The zero-order valence-electron chi connectivity index (χ0n) is 11.6. The maximum absolute atomic E-state index is 5.44. The molecule has 20 heavy (non-hydrogen) atoms. The summed E-state index contributed by atoms with van der Waals surface area (Å²) in [5, 5.41) is 7.88. The molecule has 1 N–H and O–H groups in total. The van der Waals surface area contributed by atoms with Crippen LogP contribution < -0.4 is 10.1 Å². The van der Waals surface area contributed by atoms with Crippen molar-refractivity contribution in [3.05, 3.63) is 31.1 Å². The minimum atomic E-state index is 0.0741. The summed E-state index contributed by atoms with van der Waals surface area (Å²) in [6.45, 7) is 3.09. The largest absolute Gasteiger partial charge is 0.493 e. The number of nitrogens with one attached hydrogen (secondary N) is 1. The molecule has 2 aromatic rings. The molecule has 0 aliphatic rings. The molecule has 0 spiro atoms. The monoisotopic (exact) mass is 421 g/mol. The quantitative estimate of drug-likeness (QED) is 0.761. The molecule has 2 heterocycles. The van der Waals surface area contributed by atoms with Gasteiger partial charge < -0.3 is 10.1 Å². The third-order valence-electron chi connectivity index (χ3n) is 2.99. The number of nitrogens with zero attached hydrogens (tertiary/aromatic N) is 2. The van der Waals surface area contributed by atoms with Gasteiger partial charge in [-0.25, -0.2) is 0 Å². The highest BCUT2D eigenvalue weighted by Gasteiger charge is 2.24. The van der Waals surface area contributed by atoms with Gasteiger partial charge >= 0.3 is 0 Å². The van der Waals surface area contributed by atoms with Gasteiger partial charge in [-0.05, 0) is 50.9 Å². The van der Waals surface area contributed by atoms with Crippen LogP contribution in [0.2, 0.25) is 0 Å². The van der Waals surface area contributed by atoms with Gasteiger partial charge in [-0.3, -0.25) is 4.68 Å². The molecule has 0 bridgehead atoms. The molecule has 110 valence electrons. The highest BCUT2D eigenvalue weighted by Crippen LogP contribution is 2.39. The lowest BCUT2D eigenvalue weighted by Crippen LogP contribution is -2.25. The van der Waals surface area contributed by atoms with Crippen LogP contribution in [0.25, 0.3) is 0 Å². The Hall–Kier alpha value is -0.370. The van der Waals surface area contributed by atoms with Crippen LogP contribution in [-0.2, 0) is 7.05 Å². The predicted molar refractivity (Wildman–Crippen MR) is 89.6 cm³/mol. The maximum Gasteiger partial charge on any atom is 0.161 e. The summed E-state index contributed by atoms with van der Waals surface area (Å²) in [4.78, 5) is 1.22. The lowest BCUT2D eigenvalue weighted by Gasteiger charge is -2.18. The van der Waals surface area contributed by atoms with Crippen LogP contribution in [0.1, 0.15) is 30.0 Å². The second-order valence-corrected chi connectivity index (χ2v) is 7.64. The van der Waals surface area contributed by atoms with Gasteiger partial charge in [0, 0.05) is 16.4 Å². The van der Waals surface area contributed by atoms with Crippen LogP contribution in [0, 0.1) is 0 Å². The molecule has 0 aromatic carbocycles. The number of aromatic nitrogens is 2. The summed E-state index contributed by atoms with van der Waals surface area (Å²) in [5.41, 5.74) is 1.04. The van der Waals surface area contributed by atoms with Gasteiger partial charge in [0.2, 0.25) is 0 Å². The molecule has 2 rings (SSSR count). The molecule has 1 unspecified atom stereocenters. The molecule has 0 saturated heterocycles. The topological polar surface area (TPSA) is 39.1 Å². The second kappa shape index (κ2) is 7.06. The first-order valence-electron chi connectivity index (χ1n) is 6.32. The van der Waals surface area contributed by atoms with Crippen molar-refractivity contribution in [1.82, 2.24) is 15.1 Å². The van der Waals surface area contributed by atoms with Gasteiger partial charge in [0.05, 0.1) is 23.1 Å². The highest BCUT2D eigenvalue weighted by molar-refractivity contribution is 9.13. The van der Waals surface area contributed by atoms with Crippen molar-refractivity contribution in [2.45, 2.75) is 19.4 Å². The molecule has 4 nitrogen and oxygen atoms in total. The molecule has 0 radical (unpaired) electrons. The third kappa shape index (κ3) is 3.27. The van der Waals surface area contributed by atoms with Crippen LogP contribution in [0.4, 0.5) is 0 Å². The van der Waals surface area contributed by atoms with Crippen molar-refractivity contribution in [3.8, 4) is 5.75 Å². The predicted octanol–water partition coefficient (Wildman–Crippen LogP) is 4.10. The Morgan fingerprint density at radius 2 is 2.25 bits per heavy atom. The van der Waals surface area contributed by atoms with Gasteiger partial charge in [-0.1, -0.05) is 6.92 Å². The van der Waals surface area contributed by atoms with Gasteiger partial charge in [-0.15, -0.1) is 11.3 Å². The smallest absolute Gasteiger partial charge is 0.161 e. The van der Waals surface area contributed by atoms with Crippen LogP contribution in [0.5, 0.6) is 5.75 Å². The first-order chi connectivity index (χ1) is 9.58. The average Bonchev–Trinajstić information content (AvgIpc) is 2.95. The Morgan fingerprint density at radius 1 is 1.50 bits per heavy atom. The number of hydrogen-bond acceptors (Lipinski definition) is 4. The number of aryl methyl sites for hydroxylation is 1. The Balaban J connectivity index is 2.43. The van der Waals surface area contributed by atoms with E-state index >= 15 is 0 Å². The molecular weight excluding hydrogens is 406 g/mol. The number of thiophene rings is 1.